The lowest BCUT2D eigenvalue weighted by atomic mass is 9.97. The van der Waals surface area contributed by atoms with Gasteiger partial charge >= 0.3 is 0 Å². The van der Waals surface area contributed by atoms with Gasteiger partial charge < -0.3 is 10.4 Å². The number of carbonyl (C=O) groups excluding carboxylic acids is 2. The van der Waals surface area contributed by atoms with Crippen molar-refractivity contribution < 1.29 is 14.7 Å². The number of amides is 2. The standard InChI is InChI=1S/C30H33N5O3/c1-4-30(2,3)31-29(38)28(21-13-16-24(36)17-14-21)35(23-15-12-20-8-7-9-22(20)18-23)27(37)19-34-26-11-6-5-10-25(26)32-33-34/h5-6,10-18,28,36H,4,7-9,19H2,1-3H3,(H,31,38). The van der Waals surface area contributed by atoms with Crippen LogP contribution in [0.25, 0.3) is 11.0 Å². The zero-order chi connectivity index (χ0) is 26.9. The summed E-state index contributed by atoms with van der Waals surface area (Å²) in [5, 5.41) is 21.5. The van der Waals surface area contributed by atoms with Crippen molar-refractivity contribution in [2.75, 3.05) is 4.90 Å². The molecule has 3 aromatic carbocycles. The van der Waals surface area contributed by atoms with E-state index in [-0.39, 0.29) is 24.1 Å². The Bertz CT molecular complexity index is 1480. The fraction of sp³-hybridized carbons (Fsp3) is 0.333. The van der Waals surface area contributed by atoms with Gasteiger partial charge in [-0.3, -0.25) is 14.5 Å². The number of fused-ring (bicyclic) bond motifs is 2. The second kappa shape index (κ2) is 10.3. The number of para-hydroxylation sites is 1. The van der Waals surface area contributed by atoms with Crippen molar-refractivity contribution in [3.63, 3.8) is 0 Å². The Balaban J connectivity index is 1.61. The van der Waals surface area contributed by atoms with Crippen molar-refractivity contribution >= 4 is 28.5 Å². The highest BCUT2D eigenvalue weighted by Crippen LogP contribution is 2.34. The molecule has 8 nitrogen and oxygen atoms in total. The molecule has 1 aromatic heterocycles. The molecule has 0 aliphatic heterocycles. The molecule has 1 aliphatic rings. The Morgan fingerprint density at radius 1 is 1.05 bits per heavy atom. The minimum Gasteiger partial charge on any atom is -0.508 e. The van der Waals surface area contributed by atoms with Gasteiger partial charge in [0.2, 0.25) is 11.8 Å². The minimum absolute atomic E-state index is 0.0867. The number of benzene rings is 3. The monoisotopic (exact) mass is 511 g/mol. The maximum absolute atomic E-state index is 14.2. The summed E-state index contributed by atoms with van der Waals surface area (Å²) in [6.45, 7) is 5.84. The Hall–Kier alpha value is -4.20. The van der Waals surface area contributed by atoms with E-state index in [1.54, 1.807) is 21.7 Å². The molecule has 2 N–H and O–H groups in total. The number of phenolic OH excluding ortho intramolecular Hbond substituents is 1. The number of nitrogens with zero attached hydrogens (tertiary/aromatic N) is 4. The zero-order valence-corrected chi connectivity index (χ0v) is 22.0. The molecular weight excluding hydrogens is 478 g/mol. The summed E-state index contributed by atoms with van der Waals surface area (Å²) in [5.74, 6) is -0.493. The summed E-state index contributed by atoms with van der Waals surface area (Å²) >= 11 is 0. The summed E-state index contributed by atoms with van der Waals surface area (Å²) in [6, 6.07) is 19.0. The molecule has 1 atom stereocenters. The molecule has 1 heterocycles. The zero-order valence-electron chi connectivity index (χ0n) is 22.0. The van der Waals surface area contributed by atoms with Crippen LogP contribution < -0.4 is 10.2 Å². The van der Waals surface area contributed by atoms with Gasteiger partial charge in [0, 0.05) is 11.2 Å². The molecule has 196 valence electrons. The van der Waals surface area contributed by atoms with E-state index in [1.165, 1.54) is 23.3 Å². The quantitative estimate of drug-likeness (QED) is 0.357. The molecule has 2 amide bonds. The predicted octanol–water partition coefficient (Wildman–Crippen LogP) is 4.70. The topological polar surface area (TPSA) is 100 Å². The van der Waals surface area contributed by atoms with Gasteiger partial charge in [-0.05, 0) is 92.6 Å². The van der Waals surface area contributed by atoms with Gasteiger partial charge in [-0.1, -0.05) is 42.5 Å². The van der Waals surface area contributed by atoms with E-state index in [0.29, 0.717) is 16.8 Å². The Morgan fingerprint density at radius 3 is 2.55 bits per heavy atom. The van der Waals surface area contributed by atoms with Crippen molar-refractivity contribution in [2.24, 2.45) is 0 Å². The van der Waals surface area contributed by atoms with Crippen LogP contribution in [0.4, 0.5) is 5.69 Å². The van der Waals surface area contributed by atoms with Crippen LogP contribution in [0.2, 0.25) is 0 Å². The summed E-state index contributed by atoms with van der Waals surface area (Å²) in [6.07, 6.45) is 3.75. The number of phenols is 1. The van der Waals surface area contributed by atoms with Crippen molar-refractivity contribution in [3.8, 4) is 5.75 Å². The second-order valence-corrected chi connectivity index (χ2v) is 10.5. The van der Waals surface area contributed by atoms with Gasteiger partial charge in [0.1, 0.15) is 23.9 Å². The van der Waals surface area contributed by atoms with E-state index in [2.05, 4.69) is 21.7 Å². The van der Waals surface area contributed by atoms with Crippen LogP contribution in [-0.4, -0.2) is 37.5 Å². The van der Waals surface area contributed by atoms with E-state index >= 15 is 0 Å². The number of aromatic nitrogens is 3. The predicted molar refractivity (Wildman–Crippen MR) is 147 cm³/mol. The molecule has 0 radical (unpaired) electrons. The molecule has 0 saturated carbocycles. The average Bonchev–Trinajstić information content (AvgIpc) is 3.54. The van der Waals surface area contributed by atoms with Crippen molar-refractivity contribution in [1.82, 2.24) is 20.3 Å². The van der Waals surface area contributed by atoms with E-state index in [1.807, 2.05) is 57.2 Å². The number of nitrogens with one attached hydrogen (secondary N) is 1. The average molecular weight is 512 g/mol. The molecule has 0 spiro atoms. The van der Waals surface area contributed by atoms with E-state index in [0.717, 1.165) is 31.2 Å². The summed E-state index contributed by atoms with van der Waals surface area (Å²) in [4.78, 5) is 29.7. The highest BCUT2D eigenvalue weighted by atomic mass is 16.3. The molecule has 0 saturated heterocycles. The van der Waals surface area contributed by atoms with Crippen LogP contribution in [0.5, 0.6) is 5.75 Å². The first kappa shape index (κ1) is 25.4. The highest BCUT2D eigenvalue weighted by molar-refractivity contribution is 6.01. The van der Waals surface area contributed by atoms with E-state index in [9.17, 15) is 14.7 Å². The molecule has 0 bridgehead atoms. The van der Waals surface area contributed by atoms with Crippen molar-refractivity contribution in [2.45, 2.75) is 64.6 Å². The largest absolute Gasteiger partial charge is 0.508 e. The SMILES string of the molecule is CCC(C)(C)NC(=O)C(c1ccc(O)cc1)N(C(=O)Cn1nnc2ccccc21)c1ccc2c(c1)CCC2. The third-order valence-electron chi connectivity index (χ3n) is 7.40. The third kappa shape index (κ3) is 5.11. The minimum atomic E-state index is -0.955. The number of aryl methyl sites for hydroxylation is 2. The second-order valence-electron chi connectivity index (χ2n) is 10.5. The molecule has 4 aromatic rings. The first-order valence-electron chi connectivity index (χ1n) is 13.1. The molecule has 5 rings (SSSR count). The number of aromatic hydroxyl groups is 1. The molecule has 8 heteroatoms. The number of hydrogen-bond donors (Lipinski definition) is 2. The molecule has 1 aliphatic carbocycles. The Kier molecular flexibility index (Phi) is 6.89. The fourth-order valence-corrected chi connectivity index (χ4v) is 4.95. The van der Waals surface area contributed by atoms with Gasteiger partial charge in [-0.25, -0.2) is 4.68 Å². The Labute approximate surface area is 222 Å². The number of hydrogen-bond acceptors (Lipinski definition) is 5. The van der Waals surface area contributed by atoms with Crippen LogP contribution in [0, 0.1) is 0 Å². The van der Waals surface area contributed by atoms with E-state index < -0.39 is 11.6 Å². The first-order valence-corrected chi connectivity index (χ1v) is 13.1. The van der Waals surface area contributed by atoms with E-state index in [4.69, 9.17) is 0 Å². The number of carbonyl (C=O) groups is 2. The maximum Gasteiger partial charge on any atom is 0.249 e. The summed E-state index contributed by atoms with van der Waals surface area (Å²) in [7, 11) is 0. The normalized spacial score (nSPS) is 13.8. The lowest BCUT2D eigenvalue weighted by molar-refractivity contribution is -0.128. The molecule has 38 heavy (non-hydrogen) atoms. The maximum atomic E-state index is 14.2. The van der Waals surface area contributed by atoms with Gasteiger partial charge in [0.25, 0.3) is 0 Å². The summed E-state index contributed by atoms with van der Waals surface area (Å²) < 4.78 is 1.57. The van der Waals surface area contributed by atoms with Crippen LogP contribution in [0.1, 0.15) is 56.3 Å². The number of anilines is 1. The van der Waals surface area contributed by atoms with Gasteiger partial charge in [-0.15, -0.1) is 5.10 Å². The molecule has 0 fully saturated rings. The van der Waals surface area contributed by atoms with Crippen LogP contribution in [0.15, 0.2) is 66.7 Å². The van der Waals surface area contributed by atoms with Crippen molar-refractivity contribution in [1.29, 1.82) is 0 Å². The van der Waals surface area contributed by atoms with Crippen molar-refractivity contribution in [3.05, 3.63) is 83.4 Å². The molecular formula is C30H33N5O3. The number of rotatable bonds is 8. The third-order valence-corrected chi connectivity index (χ3v) is 7.40. The van der Waals surface area contributed by atoms with Gasteiger partial charge in [0.15, 0.2) is 0 Å². The lowest BCUT2D eigenvalue weighted by Crippen LogP contribution is -2.51. The van der Waals surface area contributed by atoms with Crippen LogP contribution in [-0.2, 0) is 29.0 Å². The fourth-order valence-electron chi connectivity index (χ4n) is 4.95. The van der Waals surface area contributed by atoms with Gasteiger partial charge in [-0.2, -0.15) is 0 Å². The highest BCUT2D eigenvalue weighted by Gasteiger charge is 2.35. The summed E-state index contributed by atoms with van der Waals surface area (Å²) in [5.41, 5.74) is 4.70. The van der Waals surface area contributed by atoms with Gasteiger partial charge in [0.05, 0.1) is 5.52 Å². The van der Waals surface area contributed by atoms with Crippen LogP contribution in [0.3, 0.4) is 0 Å². The molecule has 1 unspecified atom stereocenters. The van der Waals surface area contributed by atoms with Crippen LogP contribution >= 0.6 is 0 Å². The first-order chi connectivity index (χ1) is 18.3. The smallest absolute Gasteiger partial charge is 0.249 e. The lowest BCUT2D eigenvalue weighted by Gasteiger charge is -2.35. The Morgan fingerprint density at radius 2 is 1.79 bits per heavy atom.